The lowest BCUT2D eigenvalue weighted by Gasteiger charge is -2.33. The zero-order chi connectivity index (χ0) is 11.5. The van der Waals surface area contributed by atoms with E-state index in [2.05, 4.69) is 9.97 Å². The van der Waals surface area contributed by atoms with E-state index in [9.17, 15) is 4.79 Å². The van der Waals surface area contributed by atoms with Gasteiger partial charge in [0.15, 0.2) is 6.04 Å². The van der Waals surface area contributed by atoms with E-state index in [-0.39, 0.29) is 6.61 Å². The van der Waals surface area contributed by atoms with Gasteiger partial charge in [-0.1, -0.05) is 0 Å². The number of aryl methyl sites for hydroxylation is 1. The average Bonchev–Trinajstić information content (AvgIpc) is 2.29. The lowest BCUT2D eigenvalue weighted by molar-refractivity contribution is -0.141. The van der Waals surface area contributed by atoms with Crippen molar-refractivity contribution < 1.29 is 14.6 Å². The molecule has 0 aromatic carbocycles. The Kier molecular flexibility index (Phi) is 3.00. The summed E-state index contributed by atoms with van der Waals surface area (Å²) in [5, 5.41) is 9.07. The number of aromatic nitrogens is 2. The molecule has 1 atom stereocenters. The van der Waals surface area contributed by atoms with Crippen molar-refractivity contribution in [3.8, 4) is 0 Å². The van der Waals surface area contributed by atoms with Gasteiger partial charge in [0.05, 0.1) is 13.2 Å². The lowest BCUT2D eigenvalue weighted by Crippen LogP contribution is -2.50. The maximum absolute atomic E-state index is 11.1. The van der Waals surface area contributed by atoms with Crippen molar-refractivity contribution in [1.82, 2.24) is 9.97 Å². The quantitative estimate of drug-likeness (QED) is 0.765. The zero-order valence-electron chi connectivity index (χ0n) is 8.96. The molecule has 2 heterocycles. The van der Waals surface area contributed by atoms with E-state index in [0.29, 0.717) is 19.0 Å². The maximum Gasteiger partial charge on any atom is 0.328 e. The Hall–Kier alpha value is -1.69. The largest absolute Gasteiger partial charge is 0.480 e. The zero-order valence-corrected chi connectivity index (χ0v) is 8.96. The molecule has 1 aromatic heterocycles. The van der Waals surface area contributed by atoms with Crippen LogP contribution in [0.25, 0.3) is 0 Å². The molecule has 0 saturated carbocycles. The minimum Gasteiger partial charge on any atom is -0.480 e. The van der Waals surface area contributed by atoms with Crippen molar-refractivity contribution in [2.75, 3.05) is 24.7 Å². The molecule has 1 unspecified atom stereocenters. The summed E-state index contributed by atoms with van der Waals surface area (Å²) in [5.74, 6) is -0.251. The lowest BCUT2D eigenvalue weighted by atomic mass is 10.2. The second-order valence-corrected chi connectivity index (χ2v) is 3.64. The summed E-state index contributed by atoms with van der Waals surface area (Å²) in [5.41, 5.74) is 0.820. The molecule has 1 aliphatic heterocycles. The van der Waals surface area contributed by atoms with E-state index in [1.54, 1.807) is 11.0 Å². The molecule has 16 heavy (non-hydrogen) atoms. The summed E-state index contributed by atoms with van der Waals surface area (Å²) < 4.78 is 5.16. The first-order valence-corrected chi connectivity index (χ1v) is 5.04. The average molecular weight is 223 g/mol. The highest BCUT2D eigenvalue weighted by molar-refractivity contribution is 5.78. The molecule has 0 amide bonds. The Bertz CT molecular complexity index is 397. The Morgan fingerprint density at radius 3 is 3.12 bits per heavy atom. The Labute approximate surface area is 92.9 Å². The number of hydrogen-bond donors (Lipinski definition) is 1. The van der Waals surface area contributed by atoms with Crippen molar-refractivity contribution in [1.29, 1.82) is 0 Å². The Morgan fingerprint density at radius 2 is 2.44 bits per heavy atom. The van der Waals surface area contributed by atoms with Gasteiger partial charge in [-0.15, -0.1) is 0 Å². The van der Waals surface area contributed by atoms with Crippen LogP contribution < -0.4 is 4.90 Å². The van der Waals surface area contributed by atoms with Gasteiger partial charge in [-0.25, -0.2) is 14.8 Å². The number of anilines is 1. The van der Waals surface area contributed by atoms with Crippen molar-refractivity contribution in [3.63, 3.8) is 0 Å². The molecular weight excluding hydrogens is 210 g/mol. The molecule has 86 valence electrons. The fourth-order valence-corrected chi connectivity index (χ4v) is 1.68. The maximum atomic E-state index is 11.1. The molecule has 1 aliphatic rings. The van der Waals surface area contributed by atoms with Crippen LogP contribution in [0.15, 0.2) is 12.4 Å². The molecule has 6 heteroatoms. The predicted molar refractivity (Wildman–Crippen MR) is 56.4 cm³/mol. The van der Waals surface area contributed by atoms with Crippen molar-refractivity contribution in [2.45, 2.75) is 13.0 Å². The summed E-state index contributed by atoms with van der Waals surface area (Å²) >= 11 is 0. The molecule has 1 fully saturated rings. The van der Waals surface area contributed by atoms with Gasteiger partial charge >= 0.3 is 5.97 Å². The highest BCUT2D eigenvalue weighted by Crippen LogP contribution is 2.17. The number of ether oxygens (including phenoxy) is 1. The van der Waals surface area contributed by atoms with Crippen molar-refractivity contribution in [2.24, 2.45) is 0 Å². The first-order chi connectivity index (χ1) is 7.68. The third-order valence-electron chi connectivity index (χ3n) is 2.50. The van der Waals surface area contributed by atoms with E-state index >= 15 is 0 Å². The molecule has 2 rings (SSSR count). The highest BCUT2D eigenvalue weighted by atomic mass is 16.5. The minimum absolute atomic E-state index is 0.193. The second-order valence-electron chi connectivity index (χ2n) is 3.64. The minimum atomic E-state index is -0.893. The first-order valence-electron chi connectivity index (χ1n) is 5.04. The molecule has 1 aromatic rings. The van der Waals surface area contributed by atoms with E-state index in [1.165, 1.54) is 6.33 Å². The number of nitrogens with zero attached hydrogens (tertiary/aromatic N) is 3. The number of rotatable bonds is 2. The van der Waals surface area contributed by atoms with Gasteiger partial charge in [-0.2, -0.15) is 0 Å². The van der Waals surface area contributed by atoms with Crippen LogP contribution in [-0.2, 0) is 9.53 Å². The highest BCUT2D eigenvalue weighted by Gasteiger charge is 2.30. The Morgan fingerprint density at radius 1 is 1.62 bits per heavy atom. The summed E-state index contributed by atoms with van der Waals surface area (Å²) in [6.45, 7) is 3.10. The smallest absolute Gasteiger partial charge is 0.328 e. The molecule has 0 bridgehead atoms. The van der Waals surface area contributed by atoms with E-state index in [1.807, 2.05) is 6.92 Å². The summed E-state index contributed by atoms with van der Waals surface area (Å²) in [6.07, 6.45) is 1.44. The SMILES string of the molecule is Cc1cc(N2CCOCC2C(=O)O)ncn1. The van der Waals surface area contributed by atoms with Crippen LogP contribution in [0.2, 0.25) is 0 Å². The fraction of sp³-hybridized carbons (Fsp3) is 0.500. The summed E-state index contributed by atoms with van der Waals surface area (Å²) in [7, 11) is 0. The number of carboxylic acids is 1. The fourth-order valence-electron chi connectivity index (χ4n) is 1.68. The van der Waals surface area contributed by atoms with E-state index < -0.39 is 12.0 Å². The van der Waals surface area contributed by atoms with Crippen LogP contribution in [0.1, 0.15) is 5.69 Å². The van der Waals surface area contributed by atoms with Gasteiger partial charge in [-0.3, -0.25) is 0 Å². The van der Waals surface area contributed by atoms with Gasteiger partial charge in [0, 0.05) is 18.3 Å². The molecular formula is C10H13N3O3. The van der Waals surface area contributed by atoms with E-state index in [0.717, 1.165) is 5.69 Å². The Balaban J connectivity index is 2.26. The van der Waals surface area contributed by atoms with Gasteiger partial charge in [0.2, 0.25) is 0 Å². The second kappa shape index (κ2) is 4.44. The standard InChI is InChI=1S/C10H13N3O3/c1-7-4-9(12-6-11-7)13-2-3-16-5-8(13)10(14)15/h4,6,8H,2-3,5H2,1H3,(H,14,15). The van der Waals surface area contributed by atoms with Crippen LogP contribution in [0.4, 0.5) is 5.82 Å². The third-order valence-corrected chi connectivity index (χ3v) is 2.50. The third kappa shape index (κ3) is 2.11. The summed E-state index contributed by atoms with van der Waals surface area (Å²) in [6, 6.07) is 1.12. The van der Waals surface area contributed by atoms with Crippen LogP contribution >= 0.6 is 0 Å². The molecule has 0 spiro atoms. The summed E-state index contributed by atoms with van der Waals surface area (Å²) in [4.78, 5) is 20.9. The van der Waals surface area contributed by atoms with Crippen molar-refractivity contribution in [3.05, 3.63) is 18.1 Å². The monoisotopic (exact) mass is 223 g/mol. The number of hydrogen-bond acceptors (Lipinski definition) is 5. The van der Waals surface area contributed by atoms with Crippen LogP contribution in [-0.4, -0.2) is 46.8 Å². The predicted octanol–water partition coefficient (Wildman–Crippen LogP) is 0.0748. The van der Waals surface area contributed by atoms with Gasteiger partial charge < -0.3 is 14.7 Å². The molecule has 0 aliphatic carbocycles. The van der Waals surface area contributed by atoms with E-state index in [4.69, 9.17) is 9.84 Å². The molecule has 1 saturated heterocycles. The normalized spacial score (nSPS) is 20.8. The first kappa shape index (κ1) is 10.8. The number of aliphatic carboxylic acids is 1. The van der Waals surface area contributed by atoms with Crippen LogP contribution in [0.3, 0.4) is 0 Å². The molecule has 6 nitrogen and oxygen atoms in total. The topological polar surface area (TPSA) is 75.5 Å². The number of morpholine rings is 1. The molecule has 0 radical (unpaired) electrons. The number of carboxylic acid groups (broad SMARTS) is 1. The van der Waals surface area contributed by atoms with Crippen molar-refractivity contribution >= 4 is 11.8 Å². The van der Waals surface area contributed by atoms with Gasteiger partial charge in [-0.05, 0) is 6.92 Å². The van der Waals surface area contributed by atoms with Crippen LogP contribution in [0, 0.1) is 6.92 Å². The van der Waals surface area contributed by atoms with Crippen LogP contribution in [0.5, 0.6) is 0 Å². The van der Waals surface area contributed by atoms with Gasteiger partial charge in [0.25, 0.3) is 0 Å². The molecule has 1 N–H and O–H groups in total. The van der Waals surface area contributed by atoms with Gasteiger partial charge in [0.1, 0.15) is 12.1 Å². The number of carbonyl (C=O) groups is 1.